The molecule has 7 heteroatoms. The van der Waals surface area contributed by atoms with Crippen LogP contribution >= 0.6 is 0 Å². The number of nitrogens with zero attached hydrogens (tertiary/aromatic N) is 6. The van der Waals surface area contributed by atoms with Crippen molar-refractivity contribution in [1.82, 2.24) is 29.2 Å². The quantitative estimate of drug-likeness (QED) is 0.694. The summed E-state index contributed by atoms with van der Waals surface area (Å²) in [5.74, 6) is 2.28. The number of piperidine rings is 1. The highest BCUT2D eigenvalue weighted by Gasteiger charge is 2.28. The van der Waals surface area contributed by atoms with Crippen LogP contribution in [0.5, 0.6) is 0 Å². The maximum Gasteiger partial charge on any atom is 0.227 e. The highest BCUT2D eigenvalue weighted by Crippen LogP contribution is 2.26. The third-order valence-electron chi connectivity index (χ3n) is 5.22. The van der Waals surface area contributed by atoms with Crippen LogP contribution in [0.2, 0.25) is 0 Å². The van der Waals surface area contributed by atoms with Crippen molar-refractivity contribution in [2.75, 3.05) is 13.1 Å². The third-order valence-corrected chi connectivity index (χ3v) is 5.22. The monoisotopic (exact) mass is 364 g/mol. The minimum Gasteiger partial charge on any atom is -0.342 e. The Labute approximate surface area is 158 Å². The Morgan fingerprint density at radius 1 is 1.22 bits per heavy atom. The summed E-state index contributed by atoms with van der Waals surface area (Å²) in [5.41, 5.74) is 1.06. The molecule has 1 atom stereocenters. The molecule has 1 saturated heterocycles. The number of carbonyl (C=O) groups is 1. The van der Waals surface area contributed by atoms with Gasteiger partial charge in [-0.1, -0.05) is 30.3 Å². The van der Waals surface area contributed by atoms with Gasteiger partial charge in [-0.25, -0.2) is 4.98 Å². The van der Waals surface area contributed by atoms with Crippen LogP contribution in [0.3, 0.4) is 0 Å². The first-order valence-electron chi connectivity index (χ1n) is 9.36. The number of imidazole rings is 1. The van der Waals surface area contributed by atoms with Gasteiger partial charge in [-0.2, -0.15) is 0 Å². The normalized spacial score (nSPS) is 17.2. The summed E-state index contributed by atoms with van der Waals surface area (Å²) in [6, 6.07) is 9.93. The van der Waals surface area contributed by atoms with Crippen molar-refractivity contribution in [1.29, 1.82) is 0 Å². The van der Waals surface area contributed by atoms with Crippen LogP contribution in [0.4, 0.5) is 0 Å². The minimum absolute atomic E-state index is 0.187. The summed E-state index contributed by atoms with van der Waals surface area (Å²) in [7, 11) is 2.01. The Bertz CT molecular complexity index is 887. The predicted octanol–water partition coefficient (Wildman–Crippen LogP) is 2.01. The molecular formula is C20H24N6O. The Hall–Kier alpha value is -2.96. The summed E-state index contributed by atoms with van der Waals surface area (Å²) in [4.78, 5) is 18.8. The van der Waals surface area contributed by atoms with Crippen molar-refractivity contribution < 1.29 is 4.79 Å². The van der Waals surface area contributed by atoms with E-state index >= 15 is 0 Å². The third kappa shape index (κ3) is 3.92. The van der Waals surface area contributed by atoms with Crippen molar-refractivity contribution in [2.24, 2.45) is 7.05 Å². The Kier molecular flexibility index (Phi) is 5.00. The number of hydrogen-bond donors (Lipinski definition) is 0. The second kappa shape index (κ2) is 7.73. The highest BCUT2D eigenvalue weighted by atomic mass is 16.2. The lowest BCUT2D eigenvalue weighted by Gasteiger charge is -2.32. The van der Waals surface area contributed by atoms with Crippen LogP contribution in [0.1, 0.15) is 36.0 Å². The van der Waals surface area contributed by atoms with Crippen LogP contribution in [0.25, 0.3) is 0 Å². The second-order valence-corrected chi connectivity index (χ2v) is 7.11. The van der Waals surface area contributed by atoms with Gasteiger partial charge in [-0.15, -0.1) is 10.2 Å². The molecule has 1 fully saturated rings. The van der Waals surface area contributed by atoms with E-state index in [4.69, 9.17) is 0 Å². The fourth-order valence-electron chi connectivity index (χ4n) is 3.71. The minimum atomic E-state index is 0.187. The Morgan fingerprint density at radius 3 is 2.85 bits per heavy atom. The van der Waals surface area contributed by atoms with Crippen molar-refractivity contribution in [3.63, 3.8) is 0 Å². The lowest BCUT2D eigenvalue weighted by molar-refractivity contribution is -0.131. The standard InChI is InChI=1S/C20H24N6O/c1-24-18(14-25-11-9-21-15-25)22-23-20(24)17-8-5-10-26(13-17)19(27)12-16-6-3-2-4-7-16/h2-4,6-7,9,11,15,17H,5,8,10,12-14H2,1H3/t17-/m0/s1. The number of amides is 1. The largest absolute Gasteiger partial charge is 0.342 e. The molecule has 1 aliphatic rings. The molecule has 0 unspecified atom stereocenters. The first-order valence-corrected chi connectivity index (χ1v) is 9.36. The lowest BCUT2D eigenvalue weighted by atomic mass is 9.96. The van der Waals surface area contributed by atoms with Gasteiger partial charge in [0, 0.05) is 38.4 Å². The zero-order valence-electron chi connectivity index (χ0n) is 15.5. The first-order chi connectivity index (χ1) is 13.2. The summed E-state index contributed by atoms with van der Waals surface area (Å²) in [5, 5.41) is 8.80. The molecule has 3 aromatic rings. The van der Waals surface area contributed by atoms with Crippen LogP contribution in [-0.2, 0) is 24.8 Å². The summed E-state index contributed by atoms with van der Waals surface area (Å²) in [6.07, 6.45) is 7.94. The van der Waals surface area contributed by atoms with E-state index in [0.717, 1.165) is 36.6 Å². The van der Waals surface area contributed by atoms with Gasteiger partial charge >= 0.3 is 0 Å². The number of hydrogen-bond acceptors (Lipinski definition) is 4. The first kappa shape index (κ1) is 17.5. The van der Waals surface area contributed by atoms with Crippen LogP contribution in [0, 0.1) is 0 Å². The molecule has 0 N–H and O–H groups in total. The number of benzene rings is 1. The predicted molar refractivity (Wildman–Crippen MR) is 101 cm³/mol. The van der Waals surface area contributed by atoms with Gasteiger partial charge in [0.2, 0.25) is 5.91 Å². The molecule has 0 bridgehead atoms. The molecule has 0 aliphatic carbocycles. The molecule has 0 radical (unpaired) electrons. The smallest absolute Gasteiger partial charge is 0.227 e. The molecule has 0 spiro atoms. The molecule has 0 saturated carbocycles. The van der Waals surface area contributed by atoms with Gasteiger partial charge in [0.1, 0.15) is 5.82 Å². The van der Waals surface area contributed by atoms with E-state index in [1.807, 2.05) is 53.0 Å². The molecule has 2 aromatic heterocycles. The molecule has 3 heterocycles. The number of likely N-dealkylation sites (tertiary alicyclic amines) is 1. The number of carbonyl (C=O) groups excluding carboxylic acids is 1. The molecule has 140 valence electrons. The summed E-state index contributed by atoms with van der Waals surface area (Å²) in [6.45, 7) is 2.18. The van der Waals surface area contributed by atoms with E-state index in [2.05, 4.69) is 19.7 Å². The van der Waals surface area contributed by atoms with Gasteiger partial charge in [-0.3, -0.25) is 4.79 Å². The van der Waals surface area contributed by atoms with E-state index in [9.17, 15) is 4.79 Å². The van der Waals surface area contributed by atoms with Crippen molar-refractivity contribution in [2.45, 2.75) is 31.7 Å². The van der Waals surface area contributed by atoms with Crippen molar-refractivity contribution in [3.05, 3.63) is 66.3 Å². The zero-order valence-corrected chi connectivity index (χ0v) is 15.5. The van der Waals surface area contributed by atoms with Crippen molar-refractivity contribution in [3.8, 4) is 0 Å². The molecular weight excluding hydrogens is 340 g/mol. The van der Waals surface area contributed by atoms with E-state index < -0.39 is 0 Å². The maximum absolute atomic E-state index is 12.7. The molecule has 1 amide bonds. The fraction of sp³-hybridized carbons (Fsp3) is 0.400. The highest BCUT2D eigenvalue weighted by molar-refractivity contribution is 5.78. The number of rotatable bonds is 5. The van der Waals surface area contributed by atoms with E-state index in [-0.39, 0.29) is 11.8 Å². The van der Waals surface area contributed by atoms with Gasteiger partial charge in [0.15, 0.2) is 5.82 Å². The van der Waals surface area contributed by atoms with Crippen LogP contribution in [0.15, 0.2) is 49.1 Å². The zero-order chi connectivity index (χ0) is 18.6. The topological polar surface area (TPSA) is 68.8 Å². The second-order valence-electron chi connectivity index (χ2n) is 7.11. The molecule has 7 nitrogen and oxygen atoms in total. The fourth-order valence-corrected chi connectivity index (χ4v) is 3.71. The average Bonchev–Trinajstić information content (AvgIpc) is 3.33. The Balaban J connectivity index is 1.44. The van der Waals surface area contributed by atoms with Gasteiger partial charge in [-0.05, 0) is 18.4 Å². The summed E-state index contributed by atoms with van der Waals surface area (Å²) >= 11 is 0. The Morgan fingerprint density at radius 2 is 2.07 bits per heavy atom. The van der Waals surface area contributed by atoms with Gasteiger partial charge in [0.05, 0.1) is 19.3 Å². The van der Waals surface area contributed by atoms with Crippen LogP contribution in [-0.4, -0.2) is 48.2 Å². The van der Waals surface area contributed by atoms with Gasteiger partial charge < -0.3 is 14.0 Å². The number of aromatic nitrogens is 5. The maximum atomic E-state index is 12.7. The molecule has 1 aliphatic heterocycles. The SMILES string of the molecule is Cn1c(Cn2ccnc2)nnc1[C@H]1CCCN(C(=O)Cc2ccccc2)C1. The van der Waals surface area contributed by atoms with E-state index in [1.54, 1.807) is 12.5 Å². The average molecular weight is 364 g/mol. The molecule has 4 rings (SSSR count). The van der Waals surface area contributed by atoms with Gasteiger partial charge in [0.25, 0.3) is 0 Å². The molecule has 27 heavy (non-hydrogen) atoms. The molecule has 1 aromatic carbocycles. The van der Waals surface area contributed by atoms with E-state index in [1.165, 1.54) is 0 Å². The van der Waals surface area contributed by atoms with Crippen LogP contribution < -0.4 is 0 Å². The van der Waals surface area contributed by atoms with Crippen molar-refractivity contribution >= 4 is 5.91 Å². The van der Waals surface area contributed by atoms with E-state index in [0.29, 0.717) is 19.5 Å². The summed E-state index contributed by atoms with van der Waals surface area (Å²) < 4.78 is 4.04. The lowest BCUT2D eigenvalue weighted by Crippen LogP contribution is -2.40.